The number of para-hydroxylation sites is 1. The van der Waals surface area contributed by atoms with Crippen molar-refractivity contribution < 1.29 is 0 Å². The van der Waals surface area contributed by atoms with Crippen molar-refractivity contribution in [2.75, 3.05) is 32.1 Å². The molecule has 114 valence electrons. The Morgan fingerprint density at radius 2 is 1.95 bits per heavy atom. The second-order valence-electron chi connectivity index (χ2n) is 5.75. The summed E-state index contributed by atoms with van der Waals surface area (Å²) in [5.41, 5.74) is 9.02. The third-order valence-corrected chi connectivity index (χ3v) is 3.77. The number of likely N-dealkylation sites (N-methyl/N-ethyl adjacent to an activating group) is 2. The minimum atomic E-state index is 0.432. The molecule has 1 atom stereocenters. The number of nitrogens with zero attached hydrogens (tertiary/aromatic N) is 3. The number of fused-ring (bicyclic) bond motifs is 1. The second-order valence-corrected chi connectivity index (χ2v) is 5.75. The van der Waals surface area contributed by atoms with Crippen LogP contribution in [-0.2, 0) is 6.54 Å². The number of nitrogens with two attached hydrogens (primary N) is 1. The van der Waals surface area contributed by atoms with Gasteiger partial charge in [0.25, 0.3) is 0 Å². The monoisotopic (exact) mass is 286 g/mol. The lowest BCUT2D eigenvalue weighted by Crippen LogP contribution is -2.40. The molecule has 1 unspecified atom stereocenters. The fourth-order valence-corrected chi connectivity index (χ4v) is 2.90. The quantitative estimate of drug-likeness (QED) is 0.886. The van der Waals surface area contributed by atoms with Gasteiger partial charge in [0.05, 0.1) is 11.2 Å². The van der Waals surface area contributed by atoms with Gasteiger partial charge in [0, 0.05) is 36.7 Å². The molecule has 2 N–H and O–H groups in total. The lowest BCUT2D eigenvalue weighted by molar-refractivity contribution is 0.373. The van der Waals surface area contributed by atoms with Gasteiger partial charge in [0.2, 0.25) is 0 Å². The van der Waals surface area contributed by atoms with E-state index in [9.17, 15) is 0 Å². The number of benzene rings is 1. The van der Waals surface area contributed by atoms with Crippen LogP contribution in [0.3, 0.4) is 0 Å². The molecule has 0 radical (unpaired) electrons. The van der Waals surface area contributed by atoms with Gasteiger partial charge in [0.1, 0.15) is 0 Å². The highest BCUT2D eigenvalue weighted by Crippen LogP contribution is 2.28. The lowest BCUT2D eigenvalue weighted by atomic mass is 10.1. The molecule has 0 aliphatic carbocycles. The maximum absolute atomic E-state index is 5.82. The summed E-state index contributed by atoms with van der Waals surface area (Å²) in [5, 5.41) is 1.20. The van der Waals surface area contributed by atoms with Gasteiger partial charge in [-0.25, -0.2) is 0 Å². The zero-order valence-electron chi connectivity index (χ0n) is 13.5. The van der Waals surface area contributed by atoms with Gasteiger partial charge in [-0.3, -0.25) is 4.98 Å². The van der Waals surface area contributed by atoms with E-state index in [2.05, 4.69) is 67.0 Å². The number of anilines is 1. The summed E-state index contributed by atoms with van der Waals surface area (Å²) in [6.45, 7) is 6.91. The molecule has 21 heavy (non-hydrogen) atoms. The first-order valence-corrected chi connectivity index (χ1v) is 7.57. The Hall–Kier alpha value is -1.65. The molecule has 1 heterocycles. The summed E-state index contributed by atoms with van der Waals surface area (Å²) in [4.78, 5) is 9.29. The Morgan fingerprint density at radius 3 is 2.57 bits per heavy atom. The van der Waals surface area contributed by atoms with Crippen LogP contribution in [0.5, 0.6) is 0 Å². The predicted octanol–water partition coefficient (Wildman–Crippen LogP) is 2.47. The molecule has 0 aliphatic heterocycles. The first kappa shape index (κ1) is 15.7. The Labute approximate surface area is 127 Å². The zero-order chi connectivity index (χ0) is 15.4. The highest BCUT2D eigenvalue weighted by Gasteiger charge is 2.17. The van der Waals surface area contributed by atoms with Crippen molar-refractivity contribution in [3.05, 3.63) is 36.0 Å². The fourth-order valence-electron chi connectivity index (χ4n) is 2.90. The number of aromatic nitrogens is 1. The molecule has 0 fully saturated rings. The summed E-state index contributed by atoms with van der Waals surface area (Å²) >= 11 is 0. The summed E-state index contributed by atoms with van der Waals surface area (Å²) in [6, 6.07) is 10.9. The zero-order valence-corrected chi connectivity index (χ0v) is 13.5. The average molecular weight is 286 g/mol. The summed E-state index contributed by atoms with van der Waals surface area (Å²) < 4.78 is 0. The van der Waals surface area contributed by atoms with Crippen LogP contribution in [0, 0.1) is 0 Å². The maximum atomic E-state index is 5.82. The van der Waals surface area contributed by atoms with Crippen LogP contribution in [-0.4, -0.2) is 43.1 Å². The first-order chi connectivity index (χ1) is 10.1. The van der Waals surface area contributed by atoms with Gasteiger partial charge in [0.15, 0.2) is 0 Å². The summed E-state index contributed by atoms with van der Waals surface area (Å²) in [6.07, 6.45) is 0. The largest absolute Gasteiger partial charge is 0.367 e. The third-order valence-electron chi connectivity index (χ3n) is 3.77. The van der Waals surface area contributed by atoms with E-state index in [1.165, 1.54) is 11.1 Å². The maximum Gasteiger partial charge on any atom is 0.0726 e. The van der Waals surface area contributed by atoms with Gasteiger partial charge in [-0.15, -0.1) is 0 Å². The molecule has 4 nitrogen and oxygen atoms in total. The van der Waals surface area contributed by atoms with Gasteiger partial charge < -0.3 is 15.5 Å². The Bertz CT molecular complexity index is 594. The fraction of sp³-hybridized carbons (Fsp3) is 0.471. The topological polar surface area (TPSA) is 45.4 Å². The van der Waals surface area contributed by atoms with Gasteiger partial charge in [-0.2, -0.15) is 0 Å². The molecule has 0 spiro atoms. The van der Waals surface area contributed by atoms with Crippen molar-refractivity contribution >= 4 is 16.6 Å². The summed E-state index contributed by atoms with van der Waals surface area (Å²) in [7, 11) is 4.22. The number of pyridine rings is 1. The van der Waals surface area contributed by atoms with Crippen LogP contribution in [0.2, 0.25) is 0 Å². The van der Waals surface area contributed by atoms with E-state index < -0.39 is 0 Å². The summed E-state index contributed by atoms with van der Waals surface area (Å²) in [5.74, 6) is 0. The van der Waals surface area contributed by atoms with E-state index in [1.54, 1.807) is 0 Å². The van der Waals surface area contributed by atoms with E-state index in [1.807, 2.05) is 6.07 Å². The highest BCUT2D eigenvalue weighted by atomic mass is 15.2. The molecule has 0 saturated carbocycles. The van der Waals surface area contributed by atoms with Crippen molar-refractivity contribution in [3.8, 4) is 0 Å². The number of hydrogen-bond donors (Lipinski definition) is 1. The van der Waals surface area contributed by atoms with Crippen LogP contribution >= 0.6 is 0 Å². The van der Waals surface area contributed by atoms with Crippen molar-refractivity contribution in [3.63, 3.8) is 0 Å². The van der Waals surface area contributed by atoms with E-state index in [4.69, 9.17) is 5.73 Å². The molecular weight excluding hydrogens is 260 g/mol. The minimum Gasteiger partial charge on any atom is -0.367 e. The standard InChI is InChI=1S/C17H26N4/c1-5-21(13(2)12-20(3)4)17-10-14(11-18)19-16-9-7-6-8-15(16)17/h6-10,13H,5,11-12,18H2,1-4H3. The Morgan fingerprint density at radius 1 is 1.24 bits per heavy atom. The molecular formula is C17H26N4. The molecule has 4 heteroatoms. The van der Waals surface area contributed by atoms with Crippen molar-refractivity contribution in [2.45, 2.75) is 26.4 Å². The van der Waals surface area contributed by atoms with Crippen molar-refractivity contribution in [2.24, 2.45) is 5.73 Å². The molecule has 1 aromatic heterocycles. The van der Waals surface area contributed by atoms with Crippen molar-refractivity contribution in [1.29, 1.82) is 0 Å². The average Bonchev–Trinajstić information content (AvgIpc) is 2.46. The Kier molecular flexibility index (Phi) is 5.15. The van der Waals surface area contributed by atoms with Gasteiger partial charge in [-0.1, -0.05) is 18.2 Å². The van der Waals surface area contributed by atoms with Crippen LogP contribution in [0.1, 0.15) is 19.5 Å². The normalized spacial score (nSPS) is 12.9. The third kappa shape index (κ3) is 3.52. The van der Waals surface area contributed by atoms with Crippen LogP contribution < -0.4 is 10.6 Å². The van der Waals surface area contributed by atoms with Gasteiger partial charge >= 0.3 is 0 Å². The molecule has 0 saturated heterocycles. The van der Waals surface area contributed by atoms with Crippen LogP contribution in [0.15, 0.2) is 30.3 Å². The van der Waals surface area contributed by atoms with E-state index in [0.717, 1.165) is 24.3 Å². The van der Waals surface area contributed by atoms with Crippen LogP contribution in [0.4, 0.5) is 5.69 Å². The minimum absolute atomic E-state index is 0.432. The Balaban J connectivity index is 2.51. The SMILES string of the molecule is CCN(c1cc(CN)nc2ccccc12)C(C)CN(C)C. The number of rotatable bonds is 6. The lowest BCUT2D eigenvalue weighted by Gasteiger charge is -2.33. The smallest absolute Gasteiger partial charge is 0.0726 e. The highest BCUT2D eigenvalue weighted by molar-refractivity contribution is 5.92. The predicted molar refractivity (Wildman–Crippen MR) is 90.7 cm³/mol. The van der Waals surface area contributed by atoms with Crippen LogP contribution in [0.25, 0.3) is 10.9 Å². The molecule has 0 aliphatic rings. The number of hydrogen-bond acceptors (Lipinski definition) is 4. The molecule has 0 bridgehead atoms. The molecule has 1 aromatic carbocycles. The molecule has 2 rings (SSSR count). The first-order valence-electron chi connectivity index (χ1n) is 7.57. The van der Waals surface area contributed by atoms with E-state index in [-0.39, 0.29) is 0 Å². The van der Waals surface area contributed by atoms with Crippen molar-refractivity contribution in [1.82, 2.24) is 9.88 Å². The molecule has 0 amide bonds. The molecule has 2 aromatic rings. The van der Waals surface area contributed by atoms with E-state index in [0.29, 0.717) is 12.6 Å². The second kappa shape index (κ2) is 6.87. The van der Waals surface area contributed by atoms with E-state index >= 15 is 0 Å². The van der Waals surface area contributed by atoms with Gasteiger partial charge in [-0.05, 0) is 40.1 Å².